The predicted molar refractivity (Wildman–Crippen MR) is 78.4 cm³/mol. The maximum atomic E-state index is 9.88. The number of unbranched alkanes of at least 4 members (excludes halogenated alkanes) is 3. The Hall–Kier alpha value is -0.410. The first-order valence-corrected chi connectivity index (χ1v) is 8.86. The summed E-state index contributed by atoms with van der Waals surface area (Å²) in [5.74, 6) is 0.556. The monoisotopic (exact) mass is 288 g/mol. The van der Waals surface area contributed by atoms with E-state index in [2.05, 4.69) is 6.92 Å². The Morgan fingerprint density at radius 3 is 2.44 bits per heavy atom. The summed E-state index contributed by atoms with van der Waals surface area (Å²) in [6.07, 6.45) is 4.35. The first kappa shape index (κ1) is 15.6. The molecule has 0 heterocycles. The molecule has 0 aliphatic heterocycles. The molecule has 0 aromatic heterocycles. The Labute approximate surface area is 114 Å². The third-order valence-electron chi connectivity index (χ3n) is 2.49. The second-order valence-corrected chi connectivity index (χ2v) is 7.03. The van der Waals surface area contributed by atoms with E-state index in [1.807, 2.05) is 19.1 Å². The van der Waals surface area contributed by atoms with Crippen LogP contribution in [0.4, 0.5) is 0 Å². The molecule has 5 heteroatoms. The van der Waals surface area contributed by atoms with Gasteiger partial charge >= 0.3 is 6.72 Å². The maximum Gasteiger partial charge on any atom is 0.377 e. The summed E-state index contributed by atoms with van der Waals surface area (Å²) < 4.78 is 10.6. The molecule has 3 nitrogen and oxygen atoms in total. The summed E-state index contributed by atoms with van der Waals surface area (Å²) in [6.45, 7) is 1.45. The second kappa shape index (κ2) is 7.90. The quantitative estimate of drug-likeness (QED) is 0.575. The molecule has 0 saturated heterocycles. The van der Waals surface area contributed by atoms with Crippen LogP contribution in [-0.2, 0) is 16.3 Å². The summed E-state index contributed by atoms with van der Waals surface area (Å²) in [4.78, 5) is 9.88. The summed E-state index contributed by atoms with van der Waals surface area (Å²) in [5, 5.41) is 0. The normalized spacial score (nSPS) is 14.2. The Kier molecular flexibility index (Phi) is 6.87. The van der Waals surface area contributed by atoms with Crippen molar-refractivity contribution in [1.82, 2.24) is 0 Å². The fourth-order valence-electron chi connectivity index (χ4n) is 1.47. The van der Waals surface area contributed by atoms with E-state index in [-0.39, 0.29) is 0 Å². The van der Waals surface area contributed by atoms with Gasteiger partial charge in [-0.25, -0.2) is 0 Å². The zero-order valence-electron chi connectivity index (χ0n) is 11.0. The molecule has 0 spiro atoms. The van der Waals surface area contributed by atoms with Gasteiger partial charge in [-0.1, -0.05) is 43.9 Å². The summed E-state index contributed by atoms with van der Waals surface area (Å²) in [7, 11) is 0. The molecule has 1 N–H and O–H groups in total. The molecule has 0 amide bonds. The van der Waals surface area contributed by atoms with Crippen molar-refractivity contribution in [2.24, 2.45) is 0 Å². The van der Waals surface area contributed by atoms with E-state index in [9.17, 15) is 4.89 Å². The average molecular weight is 288 g/mol. The number of aryl methyl sites for hydroxylation is 1. The van der Waals surface area contributed by atoms with Crippen molar-refractivity contribution in [1.29, 1.82) is 0 Å². The van der Waals surface area contributed by atoms with Crippen LogP contribution in [0.5, 0.6) is 5.75 Å². The highest BCUT2D eigenvalue weighted by atomic mass is 32.5. The zero-order valence-corrected chi connectivity index (χ0v) is 12.7. The van der Waals surface area contributed by atoms with Gasteiger partial charge in [-0.15, -0.1) is 0 Å². The molecule has 1 atom stereocenters. The number of hydrogen-bond acceptors (Lipinski definition) is 3. The van der Waals surface area contributed by atoms with Gasteiger partial charge in [0, 0.05) is 11.8 Å². The van der Waals surface area contributed by atoms with Crippen LogP contribution in [0.25, 0.3) is 0 Å². The first-order valence-electron chi connectivity index (χ1n) is 6.27. The van der Waals surface area contributed by atoms with E-state index in [0.29, 0.717) is 12.4 Å². The molecule has 1 aromatic rings. The van der Waals surface area contributed by atoms with Gasteiger partial charge < -0.3 is 9.42 Å². The molecule has 18 heavy (non-hydrogen) atoms. The standard InChI is InChI=1S/C13H21O3PS/c1-3-4-5-6-11-15-17(14,18)16-13-9-7-12(2)8-10-13/h7-10H,3-6,11H2,1-2H3,(H,14,18). The summed E-state index contributed by atoms with van der Waals surface area (Å²) >= 11 is 4.96. The highest BCUT2D eigenvalue weighted by molar-refractivity contribution is 8.07. The van der Waals surface area contributed by atoms with Crippen molar-refractivity contribution < 1.29 is 13.9 Å². The Morgan fingerprint density at radius 2 is 1.83 bits per heavy atom. The SMILES string of the molecule is CCCCCCOP(O)(=S)Oc1ccc(C)cc1. The van der Waals surface area contributed by atoms with Crippen molar-refractivity contribution in [3.63, 3.8) is 0 Å². The van der Waals surface area contributed by atoms with E-state index >= 15 is 0 Å². The number of hydrogen-bond donors (Lipinski definition) is 1. The fraction of sp³-hybridized carbons (Fsp3) is 0.538. The molecular formula is C13H21O3PS. The van der Waals surface area contributed by atoms with Gasteiger partial charge in [0.05, 0.1) is 6.61 Å². The lowest BCUT2D eigenvalue weighted by molar-refractivity contribution is 0.250. The third-order valence-corrected chi connectivity index (χ3v) is 3.98. The van der Waals surface area contributed by atoms with Gasteiger partial charge in [0.15, 0.2) is 0 Å². The summed E-state index contributed by atoms with van der Waals surface area (Å²) in [6, 6.07) is 7.39. The van der Waals surface area contributed by atoms with Crippen molar-refractivity contribution >= 4 is 18.5 Å². The van der Waals surface area contributed by atoms with Crippen LogP contribution in [0.15, 0.2) is 24.3 Å². The minimum absolute atomic E-state index is 0.458. The lowest BCUT2D eigenvalue weighted by atomic mass is 10.2. The van der Waals surface area contributed by atoms with Crippen LogP contribution < -0.4 is 4.52 Å². The van der Waals surface area contributed by atoms with E-state index in [1.54, 1.807) is 12.1 Å². The lowest BCUT2D eigenvalue weighted by Crippen LogP contribution is -1.99. The van der Waals surface area contributed by atoms with Crippen LogP contribution in [0.2, 0.25) is 0 Å². The van der Waals surface area contributed by atoms with E-state index in [4.69, 9.17) is 20.9 Å². The molecule has 102 valence electrons. The van der Waals surface area contributed by atoms with Crippen LogP contribution in [-0.4, -0.2) is 11.5 Å². The minimum Gasteiger partial charge on any atom is -0.424 e. The Balaban J connectivity index is 2.35. The van der Waals surface area contributed by atoms with Gasteiger partial charge in [-0.2, -0.15) is 0 Å². The molecule has 1 aromatic carbocycles. The molecule has 1 unspecified atom stereocenters. The number of rotatable bonds is 8. The molecule has 0 aliphatic carbocycles. The van der Waals surface area contributed by atoms with Crippen molar-refractivity contribution in [2.45, 2.75) is 39.5 Å². The van der Waals surface area contributed by atoms with Crippen LogP contribution in [0.3, 0.4) is 0 Å². The number of benzene rings is 1. The predicted octanol–water partition coefficient (Wildman–Crippen LogP) is 4.19. The largest absolute Gasteiger partial charge is 0.424 e. The minimum atomic E-state index is -3.14. The Morgan fingerprint density at radius 1 is 1.17 bits per heavy atom. The van der Waals surface area contributed by atoms with Gasteiger partial charge in [0.1, 0.15) is 5.75 Å². The van der Waals surface area contributed by atoms with Gasteiger partial charge in [-0.3, -0.25) is 4.52 Å². The smallest absolute Gasteiger partial charge is 0.377 e. The third kappa shape index (κ3) is 6.50. The second-order valence-electron chi connectivity index (χ2n) is 4.27. The van der Waals surface area contributed by atoms with Gasteiger partial charge in [-0.05, 0) is 25.5 Å². The maximum absolute atomic E-state index is 9.88. The van der Waals surface area contributed by atoms with Crippen molar-refractivity contribution in [2.75, 3.05) is 6.61 Å². The van der Waals surface area contributed by atoms with E-state index in [0.717, 1.165) is 18.4 Å². The molecule has 0 bridgehead atoms. The average Bonchev–Trinajstić information content (AvgIpc) is 2.31. The molecule has 0 aliphatic rings. The van der Waals surface area contributed by atoms with Crippen molar-refractivity contribution in [3.8, 4) is 5.75 Å². The summed E-state index contributed by atoms with van der Waals surface area (Å²) in [5.41, 5.74) is 1.13. The van der Waals surface area contributed by atoms with Crippen LogP contribution in [0, 0.1) is 6.92 Å². The fourth-order valence-corrected chi connectivity index (χ4v) is 2.75. The molecule has 0 fully saturated rings. The van der Waals surface area contributed by atoms with Crippen molar-refractivity contribution in [3.05, 3.63) is 29.8 Å². The Bertz CT molecular complexity index is 392. The highest BCUT2D eigenvalue weighted by Gasteiger charge is 2.16. The molecular weight excluding hydrogens is 267 g/mol. The molecule has 0 saturated carbocycles. The lowest BCUT2D eigenvalue weighted by Gasteiger charge is -2.16. The van der Waals surface area contributed by atoms with Crippen LogP contribution in [0.1, 0.15) is 38.2 Å². The first-order chi connectivity index (χ1) is 8.53. The topological polar surface area (TPSA) is 38.7 Å². The van der Waals surface area contributed by atoms with Gasteiger partial charge in [0.2, 0.25) is 0 Å². The zero-order chi connectivity index (χ0) is 13.4. The molecule has 1 rings (SSSR count). The highest BCUT2D eigenvalue weighted by Crippen LogP contribution is 2.44. The van der Waals surface area contributed by atoms with E-state index < -0.39 is 6.72 Å². The van der Waals surface area contributed by atoms with Crippen LogP contribution >= 0.6 is 6.72 Å². The van der Waals surface area contributed by atoms with Gasteiger partial charge in [0.25, 0.3) is 0 Å². The molecule has 0 radical (unpaired) electrons. The van der Waals surface area contributed by atoms with E-state index in [1.165, 1.54) is 12.8 Å².